The Labute approximate surface area is 166 Å². The summed E-state index contributed by atoms with van der Waals surface area (Å²) in [6.45, 7) is 0. The first-order valence-electron chi connectivity index (χ1n) is 8.99. The van der Waals surface area contributed by atoms with E-state index in [9.17, 15) is 24.0 Å². The molecule has 1 heterocycles. The van der Waals surface area contributed by atoms with E-state index in [1.54, 1.807) is 6.08 Å². The lowest BCUT2D eigenvalue weighted by atomic mass is 9.76. The molecule has 2 aliphatic rings. The minimum absolute atomic E-state index is 0.0430. The van der Waals surface area contributed by atoms with Gasteiger partial charge in [0.1, 0.15) is 5.78 Å². The number of rotatable bonds is 4. The second-order valence-electron chi connectivity index (χ2n) is 6.77. The highest BCUT2D eigenvalue weighted by molar-refractivity contribution is 6.04. The number of carbonyl (C=O) groups excluding carboxylic acids is 5. The molecule has 9 nitrogen and oxygen atoms in total. The first-order valence-corrected chi connectivity index (χ1v) is 8.99. The van der Waals surface area contributed by atoms with Crippen molar-refractivity contribution in [2.45, 2.75) is 19.3 Å². The number of allylic oxidation sites excluding steroid dienone is 2. The molecule has 0 spiro atoms. The van der Waals surface area contributed by atoms with E-state index < -0.39 is 29.7 Å². The number of methoxy groups -OCH3 is 2. The molecule has 152 valence electrons. The van der Waals surface area contributed by atoms with Crippen LogP contribution in [0.5, 0.6) is 0 Å². The summed E-state index contributed by atoms with van der Waals surface area (Å²) < 4.78 is 9.34. The van der Waals surface area contributed by atoms with Crippen LogP contribution < -0.4 is 10.6 Å². The normalized spacial score (nSPS) is 20.7. The quantitative estimate of drug-likeness (QED) is 0.727. The van der Waals surface area contributed by atoms with Gasteiger partial charge in [0.15, 0.2) is 0 Å². The largest absolute Gasteiger partial charge is 0.465 e. The van der Waals surface area contributed by atoms with Gasteiger partial charge in [0.05, 0.1) is 37.2 Å². The number of piperidine rings is 1. The Morgan fingerprint density at radius 2 is 1.66 bits per heavy atom. The molecule has 1 fully saturated rings. The molecule has 1 aromatic rings. The summed E-state index contributed by atoms with van der Waals surface area (Å²) in [6.07, 6.45) is 2.44. The number of fused-ring (bicyclic) bond motifs is 1. The summed E-state index contributed by atoms with van der Waals surface area (Å²) in [6, 6.07) is 3.98. The van der Waals surface area contributed by atoms with E-state index in [1.807, 2.05) is 0 Å². The van der Waals surface area contributed by atoms with Gasteiger partial charge in [-0.3, -0.25) is 14.4 Å². The van der Waals surface area contributed by atoms with Crippen LogP contribution in [0.25, 0.3) is 0 Å². The lowest BCUT2D eigenvalue weighted by Crippen LogP contribution is -2.47. The Kier molecular flexibility index (Phi) is 5.76. The molecule has 2 amide bonds. The van der Waals surface area contributed by atoms with Crippen molar-refractivity contribution in [3.8, 4) is 0 Å². The van der Waals surface area contributed by atoms with E-state index in [4.69, 9.17) is 0 Å². The summed E-state index contributed by atoms with van der Waals surface area (Å²) in [7, 11) is 2.38. The van der Waals surface area contributed by atoms with Crippen molar-refractivity contribution >= 4 is 35.2 Å². The highest BCUT2D eigenvalue weighted by Gasteiger charge is 2.42. The molecule has 1 aliphatic carbocycles. The zero-order chi connectivity index (χ0) is 21.1. The van der Waals surface area contributed by atoms with E-state index in [1.165, 1.54) is 32.4 Å². The standard InChI is InChI=1S/C20H20N2O7/c1-28-19(26)10-6-11(20(27)29-2)8-12(7-10)21-18(25)13-9-16(24)22-14-4-3-5-15(23)17(13)14/h4,6-8,13,17H,3,5,9H2,1-2H3,(H,21,25)(H,22,24)/t13-,17+/m1/s1. The Balaban J connectivity index is 1.91. The Hall–Kier alpha value is -3.49. The minimum Gasteiger partial charge on any atom is -0.465 e. The Morgan fingerprint density at radius 3 is 2.24 bits per heavy atom. The van der Waals surface area contributed by atoms with Gasteiger partial charge >= 0.3 is 11.9 Å². The number of hydrogen-bond donors (Lipinski definition) is 2. The molecule has 2 N–H and O–H groups in total. The summed E-state index contributed by atoms with van der Waals surface area (Å²) in [5.41, 5.74) is 0.692. The number of anilines is 1. The smallest absolute Gasteiger partial charge is 0.337 e. The molecular weight excluding hydrogens is 380 g/mol. The van der Waals surface area contributed by atoms with Crippen molar-refractivity contribution in [3.05, 3.63) is 41.1 Å². The predicted molar refractivity (Wildman–Crippen MR) is 99.8 cm³/mol. The number of esters is 2. The number of Topliss-reactive ketones (excluding diaryl/α,β-unsaturated/α-hetero) is 1. The van der Waals surface area contributed by atoms with Crippen molar-refractivity contribution in [2.75, 3.05) is 19.5 Å². The molecule has 29 heavy (non-hydrogen) atoms. The molecule has 9 heteroatoms. The number of ketones is 1. The zero-order valence-corrected chi connectivity index (χ0v) is 15.9. The van der Waals surface area contributed by atoms with Gasteiger partial charge in [-0.1, -0.05) is 6.08 Å². The van der Waals surface area contributed by atoms with Crippen molar-refractivity contribution < 1.29 is 33.4 Å². The van der Waals surface area contributed by atoms with Gasteiger partial charge in [-0.2, -0.15) is 0 Å². The van der Waals surface area contributed by atoms with Gasteiger partial charge in [-0.05, 0) is 24.6 Å². The second-order valence-corrected chi connectivity index (χ2v) is 6.77. The van der Waals surface area contributed by atoms with Gasteiger partial charge in [0, 0.05) is 24.2 Å². The molecule has 0 radical (unpaired) electrons. The van der Waals surface area contributed by atoms with Crippen LogP contribution in [0, 0.1) is 11.8 Å². The number of ether oxygens (including phenoxy) is 2. The summed E-state index contributed by atoms with van der Waals surface area (Å²) in [5, 5.41) is 5.27. The van der Waals surface area contributed by atoms with Crippen LogP contribution in [0.4, 0.5) is 5.69 Å². The van der Waals surface area contributed by atoms with Crippen molar-refractivity contribution in [1.82, 2.24) is 5.32 Å². The van der Waals surface area contributed by atoms with Crippen LogP contribution in [0.1, 0.15) is 40.0 Å². The van der Waals surface area contributed by atoms with E-state index in [2.05, 4.69) is 20.1 Å². The fourth-order valence-electron chi connectivity index (χ4n) is 3.58. The third-order valence-corrected chi connectivity index (χ3v) is 4.91. The van der Waals surface area contributed by atoms with E-state index in [0.29, 0.717) is 18.5 Å². The number of nitrogens with one attached hydrogen (secondary N) is 2. The molecule has 3 rings (SSSR count). The Morgan fingerprint density at radius 1 is 1.03 bits per heavy atom. The number of amides is 2. The lowest BCUT2D eigenvalue weighted by molar-refractivity contribution is -0.135. The van der Waals surface area contributed by atoms with Gasteiger partial charge in [-0.15, -0.1) is 0 Å². The monoisotopic (exact) mass is 400 g/mol. The van der Waals surface area contributed by atoms with Gasteiger partial charge in [0.25, 0.3) is 0 Å². The zero-order valence-electron chi connectivity index (χ0n) is 15.9. The van der Waals surface area contributed by atoms with Crippen LogP contribution in [0.15, 0.2) is 30.0 Å². The highest BCUT2D eigenvalue weighted by Crippen LogP contribution is 2.33. The third-order valence-electron chi connectivity index (χ3n) is 4.91. The predicted octanol–water partition coefficient (Wildman–Crippen LogP) is 1.20. The molecule has 0 aromatic heterocycles. The van der Waals surface area contributed by atoms with Crippen LogP contribution in [-0.2, 0) is 23.9 Å². The number of benzene rings is 1. The van der Waals surface area contributed by atoms with Crippen molar-refractivity contribution in [2.24, 2.45) is 11.8 Å². The molecule has 2 atom stereocenters. The van der Waals surface area contributed by atoms with Crippen LogP contribution >= 0.6 is 0 Å². The second kappa shape index (κ2) is 8.26. The molecule has 1 aromatic carbocycles. The van der Waals surface area contributed by atoms with Gasteiger partial charge in [-0.25, -0.2) is 9.59 Å². The number of carbonyl (C=O) groups is 5. The third kappa shape index (κ3) is 4.18. The minimum atomic E-state index is -0.883. The maximum Gasteiger partial charge on any atom is 0.337 e. The van der Waals surface area contributed by atoms with E-state index in [-0.39, 0.29) is 34.9 Å². The van der Waals surface area contributed by atoms with Crippen LogP contribution in [0.2, 0.25) is 0 Å². The average molecular weight is 400 g/mol. The average Bonchev–Trinajstić information content (AvgIpc) is 2.71. The maximum absolute atomic E-state index is 12.9. The van der Waals surface area contributed by atoms with E-state index in [0.717, 1.165) is 0 Å². The van der Waals surface area contributed by atoms with Crippen LogP contribution in [0.3, 0.4) is 0 Å². The maximum atomic E-state index is 12.9. The van der Waals surface area contributed by atoms with Crippen molar-refractivity contribution in [1.29, 1.82) is 0 Å². The lowest BCUT2D eigenvalue weighted by Gasteiger charge is -2.34. The fraction of sp³-hybridized carbons (Fsp3) is 0.350. The number of hydrogen-bond acceptors (Lipinski definition) is 7. The summed E-state index contributed by atoms with van der Waals surface area (Å²) in [4.78, 5) is 61.1. The summed E-state index contributed by atoms with van der Waals surface area (Å²) >= 11 is 0. The van der Waals surface area contributed by atoms with Gasteiger partial charge in [0.2, 0.25) is 11.8 Å². The summed E-state index contributed by atoms with van der Waals surface area (Å²) in [5.74, 6) is -4.01. The van der Waals surface area contributed by atoms with Crippen LogP contribution in [-0.4, -0.2) is 43.8 Å². The molecule has 1 aliphatic heterocycles. The van der Waals surface area contributed by atoms with Gasteiger partial charge < -0.3 is 20.1 Å². The first kappa shape index (κ1) is 20.2. The highest BCUT2D eigenvalue weighted by atomic mass is 16.5. The molecular formula is C20H20N2O7. The fourth-order valence-corrected chi connectivity index (χ4v) is 3.58. The molecule has 1 saturated heterocycles. The molecule has 0 bridgehead atoms. The van der Waals surface area contributed by atoms with E-state index >= 15 is 0 Å². The first-order chi connectivity index (χ1) is 13.8. The SMILES string of the molecule is COC(=O)c1cc(NC(=O)[C@@H]2CC(=O)NC3=CCCC(=O)[C@H]32)cc(C(=O)OC)c1. The topological polar surface area (TPSA) is 128 Å². The Bertz CT molecular complexity index is 901. The molecule has 0 unspecified atom stereocenters. The van der Waals surface area contributed by atoms with Crippen molar-refractivity contribution in [3.63, 3.8) is 0 Å². The molecule has 0 saturated carbocycles.